The summed E-state index contributed by atoms with van der Waals surface area (Å²) in [5.74, 6) is 1.73. The van der Waals surface area contributed by atoms with Gasteiger partial charge in [-0.2, -0.15) is 0 Å². The number of aromatic nitrogens is 1. The predicted molar refractivity (Wildman–Crippen MR) is 115 cm³/mol. The summed E-state index contributed by atoms with van der Waals surface area (Å²) in [5, 5.41) is 4.05. The zero-order valence-electron chi connectivity index (χ0n) is 14.2. The van der Waals surface area contributed by atoms with E-state index < -0.39 is 0 Å². The van der Waals surface area contributed by atoms with Crippen molar-refractivity contribution in [3.8, 4) is 0 Å². The second-order valence-electron chi connectivity index (χ2n) is 5.81. The molecule has 1 N–H and O–H groups in total. The molecule has 0 unspecified atom stereocenters. The molecule has 3 aromatic rings. The molecule has 4 nitrogen and oxygen atoms in total. The number of fused-ring (bicyclic) bond motifs is 1. The molecule has 7 heteroatoms. The minimum Gasteiger partial charge on any atom is -0.322 e. The van der Waals surface area contributed by atoms with Gasteiger partial charge in [0.1, 0.15) is 4.38 Å². The van der Waals surface area contributed by atoms with Crippen LogP contribution in [0.3, 0.4) is 0 Å². The Labute approximate surface area is 164 Å². The summed E-state index contributed by atoms with van der Waals surface area (Å²) in [5.41, 5.74) is 3.51. The Balaban J connectivity index is 1.51. The minimum atomic E-state index is -0.0807. The Kier molecular flexibility index (Phi) is 5.28. The molecule has 1 amide bonds. The van der Waals surface area contributed by atoms with E-state index in [9.17, 15) is 4.79 Å². The number of aliphatic imine (C=N–C) groups is 1. The monoisotopic (exact) mass is 399 g/mol. The lowest BCUT2D eigenvalue weighted by molar-refractivity contribution is 0.102. The number of thioether (sulfide) groups is 2. The topological polar surface area (TPSA) is 54.4 Å². The van der Waals surface area contributed by atoms with Gasteiger partial charge in [-0.1, -0.05) is 41.7 Å². The van der Waals surface area contributed by atoms with Gasteiger partial charge in [-0.05, 0) is 36.8 Å². The molecule has 0 aliphatic carbocycles. The van der Waals surface area contributed by atoms with E-state index in [1.165, 1.54) is 0 Å². The van der Waals surface area contributed by atoms with Crippen LogP contribution in [0.1, 0.15) is 20.9 Å². The maximum absolute atomic E-state index is 12.8. The molecule has 0 spiro atoms. The highest BCUT2D eigenvalue weighted by atomic mass is 32.2. The van der Waals surface area contributed by atoms with Crippen molar-refractivity contribution < 1.29 is 4.79 Å². The van der Waals surface area contributed by atoms with Gasteiger partial charge in [-0.15, -0.1) is 11.3 Å². The van der Waals surface area contributed by atoms with E-state index in [0.717, 1.165) is 48.9 Å². The summed E-state index contributed by atoms with van der Waals surface area (Å²) in [6.45, 7) is 2.89. The van der Waals surface area contributed by atoms with Gasteiger partial charge in [-0.25, -0.2) is 4.98 Å². The smallest absolute Gasteiger partial charge is 0.255 e. The molecule has 2 heterocycles. The molecule has 0 radical (unpaired) electrons. The SMILES string of the molecule is Cc1nc2ccc(NC(=O)c3ccccc3CSC3=NCCS3)cc2s1. The molecular weight excluding hydrogens is 382 g/mol. The van der Waals surface area contributed by atoms with Crippen molar-refractivity contribution in [1.82, 2.24) is 4.98 Å². The molecule has 2 aromatic carbocycles. The Hall–Kier alpha value is -1.83. The number of rotatable bonds is 4. The highest BCUT2D eigenvalue weighted by Gasteiger charge is 2.14. The first kappa shape index (κ1) is 17.6. The van der Waals surface area contributed by atoms with Gasteiger partial charge in [0.05, 0.1) is 21.8 Å². The molecule has 1 aliphatic heterocycles. The van der Waals surface area contributed by atoms with Crippen molar-refractivity contribution in [3.63, 3.8) is 0 Å². The number of hydrogen-bond acceptors (Lipinski definition) is 6. The highest BCUT2D eigenvalue weighted by Crippen LogP contribution is 2.28. The number of carbonyl (C=O) groups excluding carboxylic acids is 1. The van der Waals surface area contributed by atoms with E-state index in [1.807, 2.05) is 49.4 Å². The maximum Gasteiger partial charge on any atom is 0.255 e. The van der Waals surface area contributed by atoms with Gasteiger partial charge in [0.2, 0.25) is 0 Å². The summed E-state index contributed by atoms with van der Waals surface area (Å²) in [6, 6.07) is 13.6. The van der Waals surface area contributed by atoms with Gasteiger partial charge in [0, 0.05) is 22.8 Å². The second kappa shape index (κ2) is 7.82. The van der Waals surface area contributed by atoms with E-state index in [1.54, 1.807) is 34.9 Å². The largest absolute Gasteiger partial charge is 0.322 e. The fourth-order valence-corrected chi connectivity index (χ4v) is 5.61. The number of hydrogen-bond donors (Lipinski definition) is 1. The van der Waals surface area contributed by atoms with E-state index >= 15 is 0 Å². The van der Waals surface area contributed by atoms with E-state index in [0.29, 0.717) is 5.56 Å². The van der Waals surface area contributed by atoms with E-state index in [2.05, 4.69) is 15.3 Å². The molecule has 0 fully saturated rings. The molecular formula is C19H17N3OS3. The Bertz CT molecular complexity index is 997. The van der Waals surface area contributed by atoms with Crippen molar-refractivity contribution in [2.24, 2.45) is 4.99 Å². The molecule has 0 bridgehead atoms. The Morgan fingerprint density at radius 2 is 2.15 bits per heavy atom. The highest BCUT2D eigenvalue weighted by molar-refractivity contribution is 8.38. The molecule has 132 valence electrons. The lowest BCUT2D eigenvalue weighted by Crippen LogP contribution is -2.14. The number of nitrogens with one attached hydrogen (secondary N) is 1. The van der Waals surface area contributed by atoms with Crippen LogP contribution in [0, 0.1) is 6.92 Å². The number of benzene rings is 2. The van der Waals surface area contributed by atoms with Crippen LogP contribution in [0.4, 0.5) is 5.69 Å². The molecule has 1 aromatic heterocycles. The zero-order valence-corrected chi connectivity index (χ0v) is 16.6. The first-order valence-corrected chi connectivity index (χ1v) is 11.0. The molecule has 1 aliphatic rings. The number of carbonyl (C=O) groups is 1. The van der Waals surface area contributed by atoms with Gasteiger partial charge >= 0.3 is 0 Å². The average molecular weight is 400 g/mol. The summed E-state index contributed by atoms with van der Waals surface area (Å²) in [6.07, 6.45) is 0. The van der Waals surface area contributed by atoms with Crippen molar-refractivity contribution in [2.45, 2.75) is 12.7 Å². The van der Waals surface area contributed by atoms with Crippen molar-refractivity contribution in [3.05, 3.63) is 58.6 Å². The summed E-state index contributed by atoms with van der Waals surface area (Å²) < 4.78 is 2.20. The maximum atomic E-state index is 12.8. The third kappa shape index (κ3) is 3.95. The summed E-state index contributed by atoms with van der Waals surface area (Å²) >= 11 is 5.13. The van der Waals surface area contributed by atoms with Gasteiger partial charge in [-0.3, -0.25) is 9.79 Å². The van der Waals surface area contributed by atoms with E-state index in [4.69, 9.17) is 0 Å². The summed E-state index contributed by atoms with van der Waals surface area (Å²) in [7, 11) is 0. The van der Waals surface area contributed by atoms with Crippen molar-refractivity contribution in [2.75, 3.05) is 17.6 Å². The first-order chi connectivity index (χ1) is 12.7. The zero-order chi connectivity index (χ0) is 17.9. The molecule has 0 saturated carbocycles. The van der Waals surface area contributed by atoms with Gasteiger partial charge in [0.15, 0.2) is 0 Å². The normalized spacial score (nSPS) is 13.8. The third-order valence-electron chi connectivity index (χ3n) is 3.92. The van der Waals surface area contributed by atoms with Crippen LogP contribution in [0.15, 0.2) is 47.5 Å². The quantitative estimate of drug-likeness (QED) is 0.656. The molecule has 26 heavy (non-hydrogen) atoms. The molecule has 4 rings (SSSR count). The van der Waals surface area contributed by atoms with E-state index in [-0.39, 0.29) is 5.91 Å². The number of aryl methyl sites for hydroxylation is 1. The Morgan fingerprint density at radius 3 is 3.00 bits per heavy atom. The first-order valence-electron chi connectivity index (χ1n) is 8.25. The third-order valence-corrected chi connectivity index (χ3v) is 7.16. The second-order valence-corrected chi connectivity index (χ2v) is 9.35. The van der Waals surface area contributed by atoms with Crippen LogP contribution in [0.25, 0.3) is 10.2 Å². The summed E-state index contributed by atoms with van der Waals surface area (Å²) in [4.78, 5) is 21.7. The van der Waals surface area contributed by atoms with Crippen LogP contribution in [-0.2, 0) is 5.75 Å². The number of amides is 1. The number of thiazole rings is 1. The minimum absolute atomic E-state index is 0.0807. The van der Waals surface area contributed by atoms with Gasteiger partial charge in [0.25, 0.3) is 5.91 Å². The fraction of sp³-hybridized carbons (Fsp3) is 0.211. The number of nitrogens with zero attached hydrogens (tertiary/aromatic N) is 2. The molecule has 0 atom stereocenters. The Morgan fingerprint density at radius 1 is 1.27 bits per heavy atom. The lowest BCUT2D eigenvalue weighted by Gasteiger charge is -2.10. The van der Waals surface area contributed by atoms with Crippen LogP contribution in [0.5, 0.6) is 0 Å². The lowest BCUT2D eigenvalue weighted by atomic mass is 10.1. The number of anilines is 1. The van der Waals surface area contributed by atoms with Crippen LogP contribution < -0.4 is 5.32 Å². The predicted octanol–water partition coefficient (Wildman–Crippen LogP) is 5.19. The van der Waals surface area contributed by atoms with Crippen molar-refractivity contribution in [1.29, 1.82) is 0 Å². The molecule has 0 saturated heterocycles. The van der Waals surface area contributed by atoms with Crippen LogP contribution >= 0.6 is 34.9 Å². The fourth-order valence-electron chi connectivity index (χ4n) is 2.73. The van der Waals surface area contributed by atoms with Gasteiger partial charge < -0.3 is 5.32 Å². The average Bonchev–Trinajstić information content (AvgIpc) is 3.28. The van der Waals surface area contributed by atoms with Crippen LogP contribution in [-0.4, -0.2) is 27.6 Å². The standard InChI is InChI=1S/C19H17N3OS3/c1-12-21-16-7-6-14(10-17(16)26-12)22-18(23)15-5-3-2-4-13(15)11-25-19-20-8-9-24-19/h2-7,10H,8-9,11H2,1H3,(H,22,23). The van der Waals surface area contributed by atoms with Crippen LogP contribution in [0.2, 0.25) is 0 Å². The van der Waals surface area contributed by atoms with Crippen molar-refractivity contribution >= 4 is 61.0 Å².